The Balaban J connectivity index is 5.06. The van der Waals surface area contributed by atoms with Gasteiger partial charge in [0.2, 0.25) is 0 Å². The summed E-state index contributed by atoms with van der Waals surface area (Å²) in [6.07, 6.45) is -0.218. The van der Waals surface area contributed by atoms with Gasteiger partial charge in [0.15, 0.2) is 5.78 Å². The molecule has 0 fully saturated rings. The Morgan fingerprint density at radius 3 is 2.24 bits per heavy atom. The predicted octanol–water partition coefficient (Wildman–Crippen LogP) is 0.440. The van der Waals surface area contributed by atoms with Crippen LogP contribution in [0.5, 0.6) is 0 Å². The highest BCUT2D eigenvalue weighted by Crippen LogP contribution is 2.32. The second-order valence-corrected chi connectivity index (χ2v) is 4.15. The third kappa shape index (κ3) is 4.11. The summed E-state index contributed by atoms with van der Waals surface area (Å²) in [5.74, 6) is -2.30. The highest BCUT2D eigenvalue weighted by molar-refractivity contribution is 9.09. The van der Waals surface area contributed by atoms with E-state index in [1.165, 1.54) is 0 Å². The number of ketones is 1. The van der Waals surface area contributed by atoms with Gasteiger partial charge in [-0.25, -0.2) is 0 Å². The smallest absolute Gasteiger partial charge is 0.319 e. The molecule has 0 spiro atoms. The second kappa shape index (κ2) is 7.42. The minimum absolute atomic E-state index is 0.00724. The van der Waals surface area contributed by atoms with Crippen molar-refractivity contribution in [2.75, 3.05) is 11.9 Å². The molecule has 0 aromatic rings. The van der Waals surface area contributed by atoms with Crippen molar-refractivity contribution in [3.05, 3.63) is 0 Å². The molecule has 0 aliphatic heterocycles. The maximum atomic E-state index is 11.8. The van der Waals surface area contributed by atoms with Crippen LogP contribution in [0.25, 0.3) is 0 Å². The van der Waals surface area contributed by atoms with Crippen LogP contribution in [0.15, 0.2) is 0 Å². The fourth-order valence-corrected chi connectivity index (χ4v) is 2.12. The van der Waals surface area contributed by atoms with Crippen LogP contribution in [0, 0.1) is 5.41 Å². The van der Waals surface area contributed by atoms with E-state index in [4.69, 9.17) is 4.74 Å². The summed E-state index contributed by atoms with van der Waals surface area (Å²) in [6.45, 7) is 3.45. The molecule has 6 heteroatoms. The van der Waals surface area contributed by atoms with Gasteiger partial charge >= 0.3 is 5.97 Å². The molecule has 0 heterocycles. The Morgan fingerprint density at radius 2 is 1.88 bits per heavy atom. The number of carbonyl (C=O) groups excluding carboxylic acids is 3. The lowest BCUT2D eigenvalue weighted by molar-refractivity contribution is -0.306. The van der Waals surface area contributed by atoms with Gasteiger partial charge in [-0.2, -0.15) is 0 Å². The number of aliphatic carboxylic acids is 1. The summed E-state index contributed by atoms with van der Waals surface area (Å²) in [7, 11) is 0. The number of ether oxygens (including phenoxy) is 1. The number of rotatable bonds is 8. The molecule has 5 nitrogen and oxygen atoms in total. The van der Waals surface area contributed by atoms with Crippen LogP contribution in [0.1, 0.15) is 33.1 Å². The molecule has 0 aromatic carbocycles. The summed E-state index contributed by atoms with van der Waals surface area (Å²) in [4.78, 5) is 34.1. The zero-order chi connectivity index (χ0) is 13.5. The molecule has 0 saturated carbocycles. The summed E-state index contributed by atoms with van der Waals surface area (Å²) in [5, 5.41) is 10.5. The Bertz CT molecular complexity index is 302. The normalized spacial score (nSPS) is 13.8. The van der Waals surface area contributed by atoms with Gasteiger partial charge in [0.25, 0.3) is 0 Å². The molecule has 17 heavy (non-hydrogen) atoms. The third-order valence-corrected chi connectivity index (χ3v) is 3.19. The van der Waals surface area contributed by atoms with Gasteiger partial charge in [0.1, 0.15) is 5.41 Å². The lowest BCUT2D eigenvalue weighted by Gasteiger charge is -2.28. The van der Waals surface area contributed by atoms with E-state index < -0.39 is 17.4 Å². The molecule has 0 bridgehead atoms. The van der Waals surface area contributed by atoms with Crippen molar-refractivity contribution in [2.24, 2.45) is 5.41 Å². The van der Waals surface area contributed by atoms with Crippen LogP contribution in [0.2, 0.25) is 0 Å². The number of carboxylic acid groups (broad SMARTS) is 1. The molecule has 0 amide bonds. The van der Waals surface area contributed by atoms with Gasteiger partial charge < -0.3 is 14.6 Å². The van der Waals surface area contributed by atoms with Crippen LogP contribution in [-0.2, 0) is 19.1 Å². The maximum Gasteiger partial charge on any atom is 0.319 e. The molecule has 0 unspecified atom stereocenters. The fourth-order valence-electron chi connectivity index (χ4n) is 1.59. The number of hydrogen-bond acceptors (Lipinski definition) is 5. The maximum absolute atomic E-state index is 11.8. The van der Waals surface area contributed by atoms with E-state index in [0.29, 0.717) is 0 Å². The molecule has 0 aliphatic rings. The standard InChI is InChI=1S/C11H17BrO5/c1-3-11(8(13)7-12,6-5-9(14)15)10(16)17-4-2/h3-7H2,1-2H3,(H,14,15)/p-1/t11-/m1/s1. The van der Waals surface area contributed by atoms with Crippen LogP contribution in [0.3, 0.4) is 0 Å². The van der Waals surface area contributed by atoms with Gasteiger partial charge in [0, 0.05) is 5.97 Å². The molecule has 98 valence electrons. The number of esters is 1. The summed E-state index contributed by atoms with van der Waals surface area (Å²) in [5.41, 5.74) is -1.38. The molecule has 0 radical (unpaired) electrons. The van der Waals surface area contributed by atoms with Crippen molar-refractivity contribution >= 4 is 33.7 Å². The Hall–Kier alpha value is -0.910. The number of alkyl halides is 1. The molecule has 0 saturated heterocycles. The van der Waals surface area contributed by atoms with Crippen molar-refractivity contribution < 1.29 is 24.2 Å². The second-order valence-electron chi connectivity index (χ2n) is 3.58. The van der Waals surface area contributed by atoms with E-state index in [1.807, 2.05) is 0 Å². The van der Waals surface area contributed by atoms with Crippen LogP contribution < -0.4 is 5.11 Å². The molecular weight excluding hydrogens is 292 g/mol. The van der Waals surface area contributed by atoms with Gasteiger partial charge in [-0.15, -0.1) is 0 Å². The Morgan fingerprint density at radius 1 is 1.29 bits per heavy atom. The summed E-state index contributed by atoms with van der Waals surface area (Å²) >= 11 is 3.00. The first-order valence-electron chi connectivity index (χ1n) is 5.40. The van der Waals surface area contributed by atoms with E-state index in [2.05, 4.69) is 15.9 Å². The van der Waals surface area contributed by atoms with Crippen molar-refractivity contribution in [1.82, 2.24) is 0 Å². The first-order chi connectivity index (χ1) is 7.94. The van der Waals surface area contributed by atoms with Crippen molar-refractivity contribution in [3.63, 3.8) is 0 Å². The summed E-state index contributed by atoms with van der Waals surface area (Å²) < 4.78 is 4.86. The summed E-state index contributed by atoms with van der Waals surface area (Å²) in [6, 6.07) is 0. The van der Waals surface area contributed by atoms with Gasteiger partial charge in [0.05, 0.1) is 11.9 Å². The fraction of sp³-hybridized carbons (Fsp3) is 0.727. The van der Waals surface area contributed by atoms with Gasteiger partial charge in [-0.3, -0.25) is 9.59 Å². The highest BCUT2D eigenvalue weighted by Gasteiger charge is 2.44. The first kappa shape index (κ1) is 16.1. The van der Waals surface area contributed by atoms with Crippen LogP contribution >= 0.6 is 15.9 Å². The minimum atomic E-state index is -1.38. The van der Waals surface area contributed by atoms with Gasteiger partial charge in [-0.05, 0) is 26.2 Å². The van der Waals surface area contributed by atoms with E-state index in [-0.39, 0.29) is 37.0 Å². The molecular formula is C11H16BrO5-. The number of halogens is 1. The molecule has 1 atom stereocenters. The van der Waals surface area contributed by atoms with Crippen molar-refractivity contribution in [2.45, 2.75) is 33.1 Å². The van der Waals surface area contributed by atoms with E-state index in [0.717, 1.165) is 0 Å². The molecule has 0 rings (SSSR count). The number of carboxylic acids is 1. The van der Waals surface area contributed by atoms with Crippen LogP contribution in [-0.4, -0.2) is 29.7 Å². The SMILES string of the molecule is CCOC(=O)[C@](CC)(CCC(=O)[O-])C(=O)CBr. The molecule has 0 N–H and O–H groups in total. The highest BCUT2D eigenvalue weighted by atomic mass is 79.9. The average molecular weight is 308 g/mol. The minimum Gasteiger partial charge on any atom is -0.550 e. The zero-order valence-electron chi connectivity index (χ0n) is 9.95. The lowest BCUT2D eigenvalue weighted by Crippen LogP contribution is -2.42. The number of carbonyl (C=O) groups is 3. The first-order valence-corrected chi connectivity index (χ1v) is 6.53. The Labute approximate surface area is 109 Å². The van der Waals surface area contributed by atoms with Gasteiger partial charge in [-0.1, -0.05) is 22.9 Å². The van der Waals surface area contributed by atoms with Crippen LogP contribution in [0.4, 0.5) is 0 Å². The van der Waals surface area contributed by atoms with E-state index >= 15 is 0 Å². The molecule has 0 aliphatic carbocycles. The number of Topliss-reactive ketones (excluding diaryl/α,β-unsaturated/α-hetero) is 1. The monoisotopic (exact) mass is 307 g/mol. The topological polar surface area (TPSA) is 83.5 Å². The van der Waals surface area contributed by atoms with Crippen molar-refractivity contribution in [1.29, 1.82) is 0 Å². The Kier molecular flexibility index (Phi) is 7.03. The number of hydrogen-bond donors (Lipinski definition) is 0. The largest absolute Gasteiger partial charge is 0.550 e. The van der Waals surface area contributed by atoms with Crippen molar-refractivity contribution in [3.8, 4) is 0 Å². The van der Waals surface area contributed by atoms with E-state index in [9.17, 15) is 19.5 Å². The quantitative estimate of drug-likeness (QED) is 0.369. The molecule has 0 aromatic heterocycles. The third-order valence-electron chi connectivity index (χ3n) is 2.68. The zero-order valence-corrected chi connectivity index (χ0v) is 11.5. The average Bonchev–Trinajstić information content (AvgIpc) is 2.30. The predicted molar refractivity (Wildman–Crippen MR) is 62.4 cm³/mol. The van der Waals surface area contributed by atoms with E-state index in [1.54, 1.807) is 13.8 Å². The lowest BCUT2D eigenvalue weighted by atomic mass is 9.77.